The molecule has 0 unspecified atom stereocenters. The second kappa shape index (κ2) is 4.61. The summed E-state index contributed by atoms with van der Waals surface area (Å²) >= 11 is 2.21. The molecular formula is C11H12IN3O2. The zero-order valence-electron chi connectivity index (χ0n) is 9.77. The first-order valence-corrected chi connectivity index (χ1v) is 6.07. The molecule has 0 radical (unpaired) electrons. The molecule has 2 rings (SSSR count). The topological polar surface area (TPSA) is 47.4 Å². The summed E-state index contributed by atoms with van der Waals surface area (Å²) in [7, 11) is 4.84. The average molecular weight is 345 g/mol. The Hall–Kier alpha value is -1.15. The van der Waals surface area contributed by atoms with Crippen LogP contribution in [0.1, 0.15) is 10.5 Å². The molecule has 1 aromatic heterocycles. The molecule has 6 heteroatoms. The molecule has 0 aliphatic rings. The van der Waals surface area contributed by atoms with Crippen LogP contribution in [0.2, 0.25) is 0 Å². The van der Waals surface area contributed by atoms with Crippen molar-refractivity contribution < 1.29 is 9.63 Å². The van der Waals surface area contributed by atoms with Crippen molar-refractivity contribution in [3.05, 3.63) is 27.5 Å². The predicted molar refractivity (Wildman–Crippen MR) is 72.5 cm³/mol. The van der Waals surface area contributed by atoms with Crippen molar-refractivity contribution in [2.75, 3.05) is 14.2 Å². The van der Waals surface area contributed by atoms with Gasteiger partial charge in [0.15, 0.2) is 5.69 Å². The van der Waals surface area contributed by atoms with Gasteiger partial charge < -0.3 is 0 Å². The number of hydrogen-bond donors (Lipinski definition) is 0. The third kappa shape index (κ3) is 2.14. The van der Waals surface area contributed by atoms with E-state index in [0.717, 1.165) is 14.5 Å². The lowest BCUT2D eigenvalue weighted by molar-refractivity contribution is -0.0759. The summed E-state index contributed by atoms with van der Waals surface area (Å²) in [5, 5.41) is 6.25. The highest BCUT2D eigenvalue weighted by Gasteiger charge is 2.19. The quantitative estimate of drug-likeness (QED) is 0.616. The maximum Gasteiger partial charge on any atom is 0.298 e. The molecule has 0 N–H and O–H groups in total. The SMILES string of the molecule is CON(C)C(=O)c1nn(C)c2ccc(I)cc12. The molecule has 0 saturated heterocycles. The highest BCUT2D eigenvalue weighted by atomic mass is 127. The van der Waals surface area contributed by atoms with E-state index in [1.165, 1.54) is 12.2 Å². The van der Waals surface area contributed by atoms with Crippen LogP contribution < -0.4 is 0 Å². The van der Waals surface area contributed by atoms with Crippen molar-refractivity contribution in [1.82, 2.24) is 14.8 Å². The van der Waals surface area contributed by atoms with Crippen molar-refractivity contribution >= 4 is 39.4 Å². The standard InChI is InChI=1S/C11H12IN3O2/c1-14-9-5-4-7(12)6-8(9)10(13-14)11(16)15(2)17-3/h4-6H,1-3H3. The number of fused-ring (bicyclic) bond motifs is 1. The van der Waals surface area contributed by atoms with Gasteiger partial charge in [-0.15, -0.1) is 0 Å². The van der Waals surface area contributed by atoms with Crippen LogP contribution in [-0.2, 0) is 11.9 Å². The zero-order valence-corrected chi connectivity index (χ0v) is 11.9. The molecule has 17 heavy (non-hydrogen) atoms. The molecule has 1 aromatic carbocycles. The first kappa shape index (κ1) is 12.3. The van der Waals surface area contributed by atoms with Crippen LogP contribution in [0, 0.1) is 3.57 Å². The number of amides is 1. The fourth-order valence-electron chi connectivity index (χ4n) is 1.63. The lowest BCUT2D eigenvalue weighted by Gasteiger charge is -2.11. The molecule has 5 nitrogen and oxygen atoms in total. The van der Waals surface area contributed by atoms with E-state index in [0.29, 0.717) is 5.69 Å². The lowest BCUT2D eigenvalue weighted by atomic mass is 10.2. The second-order valence-corrected chi connectivity index (χ2v) is 4.86. The van der Waals surface area contributed by atoms with E-state index in [4.69, 9.17) is 4.84 Å². The lowest BCUT2D eigenvalue weighted by Crippen LogP contribution is -2.26. The minimum absolute atomic E-state index is 0.250. The average Bonchev–Trinajstić information content (AvgIpc) is 2.64. The number of hydroxylamine groups is 2. The highest BCUT2D eigenvalue weighted by molar-refractivity contribution is 14.1. The van der Waals surface area contributed by atoms with Crippen LogP contribution >= 0.6 is 22.6 Å². The maximum atomic E-state index is 12.0. The Morgan fingerprint density at radius 3 is 2.88 bits per heavy atom. The molecule has 0 atom stereocenters. The smallest absolute Gasteiger partial charge is 0.274 e. The first-order valence-electron chi connectivity index (χ1n) is 4.99. The Labute approximate surface area is 112 Å². The molecule has 0 aliphatic carbocycles. The van der Waals surface area contributed by atoms with Crippen LogP contribution in [-0.4, -0.2) is 34.9 Å². The summed E-state index contributed by atoms with van der Waals surface area (Å²) in [6.45, 7) is 0. The number of nitrogens with zero attached hydrogens (tertiary/aromatic N) is 3. The molecule has 0 fully saturated rings. The maximum absolute atomic E-state index is 12.0. The normalized spacial score (nSPS) is 10.8. The Morgan fingerprint density at radius 2 is 2.24 bits per heavy atom. The van der Waals surface area contributed by atoms with Crippen molar-refractivity contribution in [3.63, 3.8) is 0 Å². The largest absolute Gasteiger partial charge is 0.298 e. The van der Waals surface area contributed by atoms with Gasteiger partial charge >= 0.3 is 0 Å². The van der Waals surface area contributed by atoms with E-state index in [9.17, 15) is 4.79 Å². The molecule has 0 bridgehead atoms. The summed E-state index contributed by atoms with van der Waals surface area (Å²) in [4.78, 5) is 16.9. The van der Waals surface area contributed by atoms with E-state index in [-0.39, 0.29) is 5.91 Å². The molecule has 1 amide bonds. The summed E-state index contributed by atoms with van der Waals surface area (Å²) in [6, 6.07) is 5.88. The minimum Gasteiger partial charge on any atom is -0.274 e. The van der Waals surface area contributed by atoms with E-state index in [1.807, 2.05) is 25.2 Å². The third-order valence-electron chi connectivity index (χ3n) is 2.57. The summed E-state index contributed by atoms with van der Waals surface area (Å²) in [5.41, 5.74) is 1.34. The van der Waals surface area contributed by atoms with Crippen molar-refractivity contribution in [2.45, 2.75) is 0 Å². The number of hydrogen-bond acceptors (Lipinski definition) is 3. The van der Waals surface area contributed by atoms with Crippen LogP contribution in [0.4, 0.5) is 0 Å². The van der Waals surface area contributed by atoms with Gasteiger partial charge in [0.05, 0.1) is 12.6 Å². The number of carbonyl (C=O) groups is 1. The fraction of sp³-hybridized carbons (Fsp3) is 0.273. The molecule has 0 saturated carbocycles. The fourth-order valence-corrected chi connectivity index (χ4v) is 2.12. The number of aromatic nitrogens is 2. The summed E-state index contributed by atoms with van der Waals surface area (Å²) in [6.07, 6.45) is 0. The van der Waals surface area contributed by atoms with Crippen LogP contribution in [0.5, 0.6) is 0 Å². The Morgan fingerprint density at radius 1 is 1.53 bits per heavy atom. The molecule has 0 spiro atoms. The van der Waals surface area contributed by atoms with Crippen molar-refractivity contribution in [2.24, 2.45) is 7.05 Å². The van der Waals surface area contributed by atoms with Crippen LogP contribution in [0.15, 0.2) is 18.2 Å². The van der Waals surface area contributed by atoms with Crippen LogP contribution in [0.3, 0.4) is 0 Å². The van der Waals surface area contributed by atoms with Crippen LogP contribution in [0.25, 0.3) is 10.9 Å². The summed E-state index contributed by atoms with van der Waals surface area (Å²) in [5.74, 6) is -0.250. The van der Waals surface area contributed by atoms with E-state index in [1.54, 1.807) is 11.7 Å². The molecule has 1 heterocycles. The van der Waals surface area contributed by atoms with Gasteiger partial charge in [0.2, 0.25) is 0 Å². The monoisotopic (exact) mass is 345 g/mol. The van der Waals surface area contributed by atoms with Gasteiger partial charge in [0, 0.05) is 23.1 Å². The second-order valence-electron chi connectivity index (χ2n) is 3.62. The van der Waals surface area contributed by atoms with Crippen molar-refractivity contribution in [3.8, 4) is 0 Å². The highest BCUT2D eigenvalue weighted by Crippen LogP contribution is 2.21. The number of carbonyl (C=O) groups excluding carboxylic acids is 1. The number of benzene rings is 1. The molecule has 2 aromatic rings. The van der Waals surface area contributed by atoms with Gasteiger partial charge in [0.25, 0.3) is 5.91 Å². The Balaban J connectivity index is 2.62. The number of aryl methyl sites for hydroxylation is 1. The van der Waals surface area contributed by atoms with Gasteiger partial charge in [-0.1, -0.05) is 0 Å². The van der Waals surface area contributed by atoms with E-state index >= 15 is 0 Å². The molecule has 90 valence electrons. The van der Waals surface area contributed by atoms with Crippen molar-refractivity contribution in [1.29, 1.82) is 0 Å². The minimum atomic E-state index is -0.250. The molecular weight excluding hydrogens is 333 g/mol. The van der Waals surface area contributed by atoms with E-state index in [2.05, 4.69) is 27.7 Å². The van der Waals surface area contributed by atoms with Gasteiger partial charge in [-0.05, 0) is 40.8 Å². The summed E-state index contributed by atoms with van der Waals surface area (Å²) < 4.78 is 2.76. The van der Waals surface area contributed by atoms with Gasteiger partial charge in [-0.2, -0.15) is 5.10 Å². The zero-order chi connectivity index (χ0) is 12.6. The Bertz CT molecular complexity index is 579. The third-order valence-corrected chi connectivity index (χ3v) is 3.25. The molecule has 0 aliphatic heterocycles. The number of rotatable bonds is 2. The van der Waals surface area contributed by atoms with Gasteiger partial charge in [0.1, 0.15) is 0 Å². The van der Waals surface area contributed by atoms with Gasteiger partial charge in [-0.3, -0.25) is 14.3 Å². The Kier molecular flexibility index (Phi) is 3.34. The van der Waals surface area contributed by atoms with E-state index < -0.39 is 0 Å². The van der Waals surface area contributed by atoms with Gasteiger partial charge in [-0.25, -0.2) is 5.06 Å². The number of halogens is 1. The first-order chi connectivity index (χ1) is 8.04. The predicted octanol–water partition coefficient (Wildman–Crippen LogP) is 1.81.